The lowest BCUT2D eigenvalue weighted by Crippen LogP contribution is -2.37. The molecule has 1 atom stereocenters. The van der Waals surface area contributed by atoms with Crippen molar-refractivity contribution in [1.29, 1.82) is 0 Å². The van der Waals surface area contributed by atoms with Crippen LogP contribution in [0.25, 0.3) is 0 Å². The van der Waals surface area contributed by atoms with Crippen molar-refractivity contribution in [2.75, 3.05) is 6.54 Å². The van der Waals surface area contributed by atoms with E-state index in [1.807, 2.05) is 13.8 Å². The molecule has 0 aromatic carbocycles. The van der Waals surface area contributed by atoms with Crippen molar-refractivity contribution in [1.82, 2.24) is 5.32 Å². The summed E-state index contributed by atoms with van der Waals surface area (Å²) in [4.78, 5) is 11.0. The third-order valence-electron chi connectivity index (χ3n) is 2.48. The molecule has 0 aromatic heterocycles. The van der Waals surface area contributed by atoms with E-state index < -0.39 is 12.0 Å². The molecule has 16 heavy (non-hydrogen) atoms. The van der Waals surface area contributed by atoms with Gasteiger partial charge in [-0.3, -0.25) is 4.79 Å². The lowest BCUT2D eigenvalue weighted by Gasteiger charge is -2.13. The first-order valence-electron chi connectivity index (χ1n) is 6.17. The molecule has 0 saturated carbocycles. The van der Waals surface area contributed by atoms with E-state index in [1.54, 1.807) is 0 Å². The van der Waals surface area contributed by atoms with E-state index >= 15 is 0 Å². The first-order chi connectivity index (χ1) is 7.57. The van der Waals surface area contributed by atoms with Crippen molar-refractivity contribution < 1.29 is 9.90 Å². The molecule has 0 aliphatic carbocycles. The van der Waals surface area contributed by atoms with E-state index in [0.29, 0.717) is 6.42 Å². The second-order valence-electron chi connectivity index (χ2n) is 4.41. The predicted molar refractivity (Wildman–Crippen MR) is 67.6 cm³/mol. The van der Waals surface area contributed by atoms with Crippen LogP contribution in [-0.2, 0) is 4.79 Å². The Balaban J connectivity index is 3.80. The summed E-state index contributed by atoms with van der Waals surface area (Å²) in [5.41, 5.74) is 1.25. The number of rotatable bonds is 9. The van der Waals surface area contributed by atoms with Crippen LogP contribution in [0.15, 0.2) is 11.6 Å². The quantitative estimate of drug-likeness (QED) is 0.470. The van der Waals surface area contributed by atoms with E-state index in [4.69, 9.17) is 5.11 Å². The van der Waals surface area contributed by atoms with E-state index in [-0.39, 0.29) is 0 Å². The van der Waals surface area contributed by atoms with E-state index in [9.17, 15) is 4.79 Å². The van der Waals surface area contributed by atoms with Gasteiger partial charge in [0.15, 0.2) is 0 Å². The number of carboxylic acids is 1. The average Bonchev–Trinajstić information content (AvgIpc) is 2.20. The number of hydrogen-bond acceptors (Lipinski definition) is 2. The standard InChI is InChI=1S/C13H25NO2/c1-4-5-6-10-14-12(13(15)16)9-7-8-11(2)3/h8,12,14H,4-7,9-10H2,1-3H3,(H,15,16). The highest BCUT2D eigenvalue weighted by Gasteiger charge is 2.14. The van der Waals surface area contributed by atoms with Crippen molar-refractivity contribution in [2.45, 2.75) is 58.9 Å². The molecule has 0 fully saturated rings. The van der Waals surface area contributed by atoms with Crippen LogP contribution in [0.4, 0.5) is 0 Å². The molecular weight excluding hydrogens is 202 g/mol. The molecule has 3 nitrogen and oxygen atoms in total. The Morgan fingerprint density at radius 1 is 1.38 bits per heavy atom. The Hall–Kier alpha value is -0.830. The Morgan fingerprint density at radius 2 is 2.06 bits per heavy atom. The molecule has 0 spiro atoms. The van der Waals surface area contributed by atoms with Crippen LogP contribution in [0.1, 0.15) is 52.9 Å². The normalized spacial score (nSPS) is 12.2. The summed E-state index contributed by atoms with van der Waals surface area (Å²) in [5.74, 6) is -0.737. The fraction of sp³-hybridized carbons (Fsp3) is 0.769. The molecule has 3 heteroatoms. The van der Waals surface area contributed by atoms with Crippen LogP contribution in [0.5, 0.6) is 0 Å². The summed E-state index contributed by atoms with van der Waals surface area (Å²) in [6, 6.07) is -0.396. The van der Waals surface area contributed by atoms with Crippen molar-refractivity contribution in [3.8, 4) is 0 Å². The van der Waals surface area contributed by atoms with Gasteiger partial charge >= 0.3 is 5.97 Å². The number of unbranched alkanes of at least 4 members (excludes halogenated alkanes) is 2. The zero-order valence-corrected chi connectivity index (χ0v) is 10.8. The first kappa shape index (κ1) is 15.2. The molecule has 0 radical (unpaired) electrons. The Morgan fingerprint density at radius 3 is 2.56 bits per heavy atom. The highest BCUT2D eigenvalue weighted by Crippen LogP contribution is 2.03. The molecule has 2 N–H and O–H groups in total. The molecule has 0 aromatic rings. The third-order valence-corrected chi connectivity index (χ3v) is 2.48. The molecule has 0 saturated heterocycles. The van der Waals surface area contributed by atoms with Gasteiger partial charge in [0, 0.05) is 0 Å². The van der Waals surface area contributed by atoms with Crippen LogP contribution in [0.2, 0.25) is 0 Å². The minimum absolute atomic E-state index is 0.396. The smallest absolute Gasteiger partial charge is 0.320 e. The number of hydrogen-bond donors (Lipinski definition) is 2. The molecule has 0 aliphatic rings. The molecule has 94 valence electrons. The fourth-order valence-electron chi connectivity index (χ4n) is 1.50. The lowest BCUT2D eigenvalue weighted by atomic mass is 10.1. The van der Waals surface area contributed by atoms with Crippen LogP contribution >= 0.6 is 0 Å². The van der Waals surface area contributed by atoms with E-state index in [2.05, 4.69) is 18.3 Å². The SMILES string of the molecule is CCCCCNC(CCC=C(C)C)C(=O)O. The Bertz CT molecular complexity index is 220. The van der Waals surface area contributed by atoms with E-state index in [0.717, 1.165) is 32.2 Å². The van der Waals surface area contributed by atoms with E-state index in [1.165, 1.54) is 5.57 Å². The minimum atomic E-state index is -0.737. The molecule has 0 amide bonds. The highest BCUT2D eigenvalue weighted by molar-refractivity contribution is 5.73. The first-order valence-corrected chi connectivity index (χ1v) is 6.17. The third kappa shape index (κ3) is 8.48. The summed E-state index contributed by atoms with van der Waals surface area (Å²) in [6.45, 7) is 7.01. The zero-order chi connectivity index (χ0) is 12.4. The summed E-state index contributed by atoms with van der Waals surface area (Å²) in [5, 5.41) is 12.1. The fourth-order valence-corrected chi connectivity index (χ4v) is 1.50. The van der Waals surface area contributed by atoms with Crippen LogP contribution in [0.3, 0.4) is 0 Å². The maximum Gasteiger partial charge on any atom is 0.320 e. The molecule has 0 bridgehead atoms. The van der Waals surface area contributed by atoms with Gasteiger partial charge in [-0.2, -0.15) is 0 Å². The maximum absolute atomic E-state index is 11.0. The molecular formula is C13H25NO2. The van der Waals surface area contributed by atoms with Crippen LogP contribution in [0, 0.1) is 0 Å². The molecule has 1 unspecified atom stereocenters. The molecule has 0 rings (SSSR count). The second-order valence-corrected chi connectivity index (χ2v) is 4.41. The molecule has 0 heterocycles. The predicted octanol–water partition coefficient (Wildman–Crippen LogP) is 2.97. The van der Waals surface area contributed by atoms with Gasteiger partial charge in [0.2, 0.25) is 0 Å². The maximum atomic E-state index is 11.0. The van der Waals surface area contributed by atoms with Gasteiger partial charge in [-0.15, -0.1) is 0 Å². The van der Waals surface area contributed by atoms with Crippen molar-refractivity contribution in [3.05, 3.63) is 11.6 Å². The Labute approximate surface area is 98.9 Å². The Kier molecular flexibility index (Phi) is 8.91. The number of aliphatic carboxylic acids is 1. The average molecular weight is 227 g/mol. The van der Waals surface area contributed by atoms with Gasteiger partial charge in [0.25, 0.3) is 0 Å². The highest BCUT2D eigenvalue weighted by atomic mass is 16.4. The minimum Gasteiger partial charge on any atom is -0.480 e. The van der Waals surface area contributed by atoms with Gasteiger partial charge in [0.05, 0.1) is 0 Å². The van der Waals surface area contributed by atoms with Crippen LogP contribution < -0.4 is 5.32 Å². The van der Waals surface area contributed by atoms with Gasteiger partial charge in [-0.05, 0) is 39.7 Å². The van der Waals surface area contributed by atoms with Gasteiger partial charge < -0.3 is 10.4 Å². The second kappa shape index (κ2) is 9.40. The zero-order valence-electron chi connectivity index (χ0n) is 10.8. The lowest BCUT2D eigenvalue weighted by molar-refractivity contribution is -0.139. The summed E-state index contributed by atoms with van der Waals surface area (Å²) in [6.07, 6.45) is 6.98. The number of nitrogens with one attached hydrogen (secondary N) is 1. The van der Waals surface area contributed by atoms with Crippen molar-refractivity contribution >= 4 is 5.97 Å². The largest absolute Gasteiger partial charge is 0.480 e. The summed E-state index contributed by atoms with van der Waals surface area (Å²) >= 11 is 0. The van der Waals surface area contributed by atoms with Gasteiger partial charge in [-0.1, -0.05) is 31.4 Å². The summed E-state index contributed by atoms with van der Waals surface area (Å²) < 4.78 is 0. The van der Waals surface area contributed by atoms with Crippen molar-refractivity contribution in [2.24, 2.45) is 0 Å². The van der Waals surface area contributed by atoms with Gasteiger partial charge in [-0.25, -0.2) is 0 Å². The number of allylic oxidation sites excluding steroid dienone is 2. The monoisotopic (exact) mass is 227 g/mol. The van der Waals surface area contributed by atoms with Gasteiger partial charge in [0.1, 0.15) is 6.04 Å². The topological polar surface area (TPSA) is 49.3 Å². The molecule has 0 aliphatic heterocycles. The number of carboxylic acid groups (broad SMARTS) is 1. The van der Waals surface area contributed by atoms with Crippen molar-refractivity contribution in [3.63, 3.8) is 0 Å². The van der Waals surface area contributed by atoms with Crippen LogP contribution in [-0.4, -0.2) is 23.7 Å². The number of carbonyl (C=O) groups is 1. The summed E-state index contributed by atoms with van der Waals surface area (Å²) in [7, 11) is 0.